The van der Waals surface area contributed by atoms with Gasteiger partial charge in [-0.3, -0.25) is 0 Å². The first-order valence-corrected chi connectivity index (χ1v) is 7.17. The van der Waals surface area contributed by atoms with Crippen LogP contribution in [-0.2, 0) is 6.61 Å². The molecule has 0 aliphatic rings. The Bertz CT molecular complexity index is 625. The normalized spacial score (nSPS) is 12.2. The molecule has 3 heteroatoms. The number of benzene rings is 2. The molecular formula is C18H22FNO. The summed E-state index contributed by atoms with van der Waals surface area (Å²) < 4.78 is 19.6. The fourth-order valence-corrected chi connectivity index (χ4v) is 2.12. The molecule has 2 nitrogen and oxygen atoms in total. The summed E-state index contributed by atoms with van der Waals surface area (Å²) in [6.07, 6.45) is 0. The second kappa shape index (κ2) is 6.72. The number of hydrogen-bond acceptors (Lipinski definition) is 2. The van der Waals surface area contributed by atoms with Crippen molar-refractivity contribution in [2.75, 3.05) is 7.05 Å². The monoisotopic (exact) mass is 287 g/mol. The quantitative estimate of drug-likeness (QED) is 0.885. The molecule has 0 amide bonds. The molecule has 0 saturated heterocycles. The van der Waals surface area contributed by atoms with Crippen LogP contribution in [-0.4, -0.2) is 7.05 Å². The zero-order valence-electron chi connectivity index (χ0n) is 13.0. The molecule has 2 aromatic carbocycles. The van der Waals surface area contributed by atoms with E-state index in [4.69, 9.17) is 4.74 Å². The predicted molar refractivity (Wildman–Crippen MR) is 84.1 cm³/mol. The average molecular weight is 287 g/mol. The molecule has 0 radical (unpaired) electrons. The third-order valence-electron chi connectivity index (χ3n) is 3.85. The summed E-state index contributed by atoms with van der Waals surface area (Å²) in [4.78, 5) is 0. The molecular weight excluding hydrogens is 265 g/mol. The molecule has 2 aromatic rings. The van der Waals surface area contributed by atoms with Crippen molar-refractivity contribution in [2.24, 2.45) is 0 Å². The van der Waals surface area contributed by atoms with Gasteiger partial charge < -0.3 is 10.1 Å². The van der Waals surface area contributed by atoms with Gasteiger partial charge in [0.25, 0.3) is 0 Å². The Hall–Kier alpha value is -1.87. The molecule has 21 heavy (non-hydrogen) atoms. The Labute approximate surface area is 126 Å². The number of nitrogens with one attached hydrogen (secondary N) is 1. The van der Waals surface area contributed by atoms with Crippen molar-refractivity contribution < 1.29 is 9.13 Å². The van der Waals surface area contributed by atoms with Gasteiger partial charge in [-0.25, -0.2) is 4.39 Å². The summed E-state index contributed by atoms with van der Waals surface area (Å²) in [6.45, 7) is 6.50. The highest BCUT2D eigenvalue weighted by Crippen LogP contribution is 2.23. The Kier molecular flexibility index (Phi) is 4.97. The number of ether oxygens (including phenoxy) is 1. The van der Waals surface area contributed by atoms with Crippen LogP contribution in [0.15, 0.2) is 36.4 Å². The van der Waals surface area contributed by atoms with Crippen LogP contribution in [0.5, 0.6) is 5.75 Å². The minimum Gasteiger partial charge on any atom is -0.486 e. The lowest BCUT2D eigenvalue weighted by molar-refractivity contribution is 0.290. The van der Waals surface area contributed by atoms with E-state index in [-0.39, 0.29) is 11.9 Å². The van der Waals surface area contributed by atoms with E-state index >= 15 is 0 Å². The van der Waals surface area contributed by atoms with Gasteiger partial charge in [-0.15, -0.1) is 0 Å². The summed E-state index contributed by atoms with van der Waals surface area (Å²) in [6, 6.07) is 11.4. The van der Waals surface area contributed by atoms with Crippen LogP contribution in [0.25, 0.3) is 0 Å². The highest BCUT2D eigenvalue weighted by Gasteiger charge is 2.09. The van der Waals surface area contributed by atoms with Crippen molar-refractivity contribution >= 4 is 0 Å². The standard InChI is InChI=1S/C18H22FNO/c1-12-5-6-15(9-13(12)2)11-21-18-8-7-16(10-17(18)19)14(3)20-4/h5-10,14,20H,11H2,1-4H3. The van der Waals surface area contributed by atoms with E-state index in [1.54, 1.807) is 6.07 Å². The smallest absolute Gasteiger partial charge is 0.165 e. The summed E-state index contributed by atoms with van der Waals surface area (Å²) in [5.41, 5.74) is 4.42. The van der Waals surface area contributed by atoms with E-state index in [0.717, 1.165) is 11.1 Å². The van der Waals surface area contributed by atoms with E-state index in [0.29, 0.717) is 12.4 Å². The topological polar surface area (TPSA) is 21.3 Å². The molecule has 112 valence electrons. The molecule has 2 rings (SSSR count). The van der Waals surface area contributed by atoms with Gasteiger partial charge in [0.2, 0.25) is 0 Å². The van der Waals surface area contributed by atoms with Crippen LogP contribution < -0.4 is 10.1 Å². The fraction of sp³-hybridized carbons (Fsp3) is 0.333. The first-order chi connectivity index (χ1) is 10.0. The highest BCUT2D eigenvalue weighted by molar-refractivity contribution is 5.32. The van der Waals surface area contributed by atoms with Crippen molar-refractivity contribution in [3.8, 4) is 5.75 Å². The minimum absolute atomic E-state index is 0.119. The van der Waals surface area contributed by atoms with E-state index in [9.17, 15) is 4.39 Å². The van der Waals surface area contributed by atoms with E-state index in [1.165, 1.54) is 17.2 Å². The van der Waals surface area contributed by atoms with Crippen LogP contribution in [0, 0.1) is 19.7 Å². The largest absolute Gasteiger partial charge is 0.486 e. The zero-order chi connectivity index (χ0) is 15.4. The third kappa shape index (κ3) is 3.82. The van der Waals surface area contributed by atoms with Crippen LogP contribution in [0.1, 0.15) is 35.2 Å². The van der Waals surface area contributed by atoms with Gasteiger partial charge >= 0.3 is 0 Å². The Morgan fingerprint density at radius 2 is 1.86 bits per heavy atom. The maximum atomic E-state index is 14.0. The lowest BCUT2D eigenvalue weighted by atomic mass is 10.1. The molecule has 1 atom stereocenters. The van der Waals surface area contributed by atoms with Crippen molar-refractivity contribution in [1.29, 1.82) is 0 Å². The maximum absolute atomic E-state index is 14.0. The van der Waals surface area contributed by atoms with Crippen molar-refractivity contribution in [3.63, 3.8) is 0 Å². The lowest BCUT2D eigenvalue weighted by Gasteiger charge is -2.13. The summed E-state index contributed by atoms with van der Waals surface area (Å²) in [5, 5.41) is 3.09. The fourth-order valence-electron chi connectivity index (χ4n) is 2.12. The second-order valence-electron chi connectivity index (χ2n) is 5.41. The third-order valence-corrected chi connectivity index (χ3v) is 3.85. The van der Waals surface area contributed by atoms with Gasteiger partial charge in [0.05, 0.1) is 0 Å². The molecule has 0 aromatic heterocycles. The maximum Gasteiger partial charge on any atom is 0.165 e. The van der Waals surface area contributed by atoms with Gasteiger partial charge in [-0.1, -0.05) is 24.3 Å². The Balaban J connectivity index is 2.07. The Morgan fingerprint density at radius 1 is 1.10 bits per heavy atom. The summed E-state index contributed by atoms with van der Waals surface area (Å²) in [5.74, 6) is -0.0290. The van der Waals surface area contributed by atoms with Crippen LogP contribution in [0.3, 0.4) is 0 Å². The number of rotatable bonds is 5. The first kappa shape index (κ1) is 15.5. The van der Waals surface area contributed by atoms with E-state index in [1.807, 2.05) is 26.1 Å². The average Bonchev–Trinajstić information content (AvgIpc) is 2.48. The SMILES string of the molecule is CNC(C)c1ccc(OCc2ccc(C)c(C)c2)c(F)c1. The van der Waals surface area contributed by atoms with Gasteiger partial charge in [0.15, 0.2) is 11.6 Å². The van der Waals surface area contributed by atoms with E-state index in [2.05, 4.69) is 31.3 Å². The van der Waals surface area contributed by atoms with Crippen molar-refractivity contribution in [3.05, 3.63) is 64.5 Å². The van der Waals surface area contributed by atoms with Gasteiger partial charge in [0, 0.05) is 6.04 Å². The van der Waals surface area contributed by atoms with Crippen molar-refractivity contribution in [2.45, 2.75) is 33.4 Å². The number of hydrogen-bond donors (Lipinski definition) is 1. The molecule has 0 fully saturated rings. The van der Waals surface area contributed by atoms with Crippen molar-refractivity contribution in [1.82, 2.24) is 5.32 Å². The lowest BCUT2D eigenvalue weighted by Crippen LogP contribution is -2.12. The van der Waals surface area contributed by atoms with Crippen LogP contribution in [0.4, 0.5) is 4.39 Å². The molecule has 0 bridgehead atoms. The van der Waals surface area contributed by atoms with E-state index < -0.39 is 0 Å². The highest BCUT2D eigenvalue weighted by atomic mass is 19.1. The molecule has 1 unspecified atom stereocenters. The van der Waals surface area contributed by atoms with Crippen LogP contribution in [0.2, 0.25) is 0 Å². The second-order valence-corrected chi connectivity index (χ2v) is 5.41. The van der Waals surface area contributed by atoms with Gasteiger partial charge in [-0.2, -0.15) is 0 Å². The Morgan fingerprint density at radius 3 is 2.48 bits per heavy atom. The number of aryl methyl sites for hydroxylation is 2. The molecule has 0 aliphatic heterocycles. The predicted octanol–water partition coefficient (Wildman–Crippen LogP) is 4.30. The molecule has 1 N–H and O–H groups in total. The molecule has 0 heterocycles. The first-order valence-electron chi connectivity index (χ1n) is 7.17. The van der Waals surface area contributed by atoms with Gasteiger partial charge in [-0.05, 0) is 62.2 Å². The minimum atomic E-state index is -0.321. The zero-order valence-corrected chi connectivity index (χ0v) is 13.0. The molecule has 0 saturated carbocycles. The van der Waals surface area contributed by atoms with Gasteiger partial charge in [0.1, 0.15) is 6.61 Å². The molecule has 0 spiro atoms. The number of halogens is 1. The molecule has 0 aliphatic carbocycles. The van der Waals surface area contributed by atoms with Crippen LogP contribution >= 0.6 is 0 Å². The summed E-state index contributed by atoms with van der Waals surface area (Å²) >= 11 is 0. The summed E-state index contributed by atoms with van der Waals surface area (Å²) in [7, 11) is 1.85.